The molecule has 5 nitrogen and oxygen atoms in total. The number of nitrogens with one attached hydrogen (secondary N) is 1. The van der Waals surface area contributed by atoms with Crippen LogP contribution in [0.4, 0.5) is 5.69 Å². The Morgan fingerprint density at radius 1 is 1.13 bits per heavy atom. The molecule has 0 aliphatic carbocycles. The van der Waals surface area contributed by atoms with Crippen molar-refractivity contribution < 1.29 is 14.3 Å². The fraction of sp³-hybridized carbons (Fsp3) is 0.120. The summed E-state index contributed by atoms with van der Waals surface area (Å²) in [6, 6.07) is 21.9. The van der Waals surface area contributed by atoms with Gasteiger partial charge < -0.3 is 14.8 Å². The Morgan fingerprint density at radius 3 is 2.58 bits per heavy atom. The summed E-state index contributed by atoms with van der Waals surface area (Å²) in [6.07, 6.45) is 1.50. The zero-order chi connectivity index (χ0) is 22.2. The molecule has 0 aliphatic heterocycles. The Labute approximate surface area is 186 Å². The minimum absolute atomic E-state index is 0.0454. The van der Waals surface area contributed by atoms with Crippen LogP contribution in [0.15, 0.2) is 72.3 Å². The number of aryl methyl sites for hydroxylation is 1. The second-order valence-electron chi connectivity index (χ2n) is 6.72. The first-order chi connectivity index (χ1) is 15.0. The van der Waals surface area contributed by atoms with Crippen molar-refractivity contribution in [3.8, 4) is 17.6 Å². The number of anilines is 1. The average molecular weight is 433 g/mol. The van der Waals surface area contributed by atoms with Crippen molar-refractivity contribution >= 4 is 29.3 Å². The molecule has 3 aromatic rings. The number of amides is 1. The highest BCUT2D eigenvalue weighted by atomic mass is 35.5. The Hall–Kier alpha value is -3.75. The Morgan fingerprint density at radius 2 is 1.87 bits per heavy atom. The van der Waals surface area contributed by atoms with Gasteiger partial charge in [0.05, 0.1) is 7.11 Å². The summed E-state index contributed by atoms with van der Waals surface area (Å²) in [6.45, 7) is 2.11. The van der Waals surface area contributed by atoms with Crippen LogP contribution in [-0.4, -0.2) is 13.0 Å². The summed E-state index contributed by atoms with van der Waals surface area (Å²) in [5.41, 5.74) is 2.90. The predicted molar refractivity (Wildman–Crippen MR) is 122 cm³/mol. The molecule has 0 heterocycles. The summed E-state index contributed by atoms with van der Waals surface area (Å²) in [5.74, 6) is 0.564. The minimum atomic E-state index is -0.496. The van der Waals surface area contributed by atoms with E-state index in [1.54, 1.807) is 37.4 Å². The van der Waals surface area contributed by atoms with Crippen LogP contribution in [0.25, 0.3) is 6.08 Å². The van der Waals surface area contributed by atoms with E-state index >= 15 is 0 Å². The standard InChI is InChI=1S/C25H21ClN2O3/c1-17-7-3-6-10-23(17)28-25(29)20(15-27)13-18-11-12-21(30-2)14-24(18)31-16-19-8-4-5-9-22(19)26/h3-14H,16H2,1-2H3,(H,28,29)/b20-13+. The lowest BCUT2D eigenvalue weighted by atomic mass is 10.1. The van der Waals surface area contributed by atoms with Gasteiger partial charge in [-0.25, -0.2) is 0 Å². The summed E-state index contributed by atoms with van der Waals surface area (Å²) < 4.78 is 11.2. The number of para-hydroxylation sites is 1. The molecular weight excluding hydrogens is 412 g/mol. The van der Waals surface area contributed by atoms with Gasteiger partial charge >= 0.3 is 0 Å². The average Bonchev–Trinajstić information content (AvgIpc) is 2.78. The van der Waals surface area contributed by atoms with Gasteiger partial charge in [0.15, 0.2) is 0 Å². The fourth-order valence-electron chi connectivity index (χ4n) is 2.86. The minimum Gasteiger partial charge on any atom is -0.497 e. The molecule has 156 valence electrons. The number of methoxy groups -OCH3 is 1. The summed E-state index contributed by atoms with van der Waals surface area (Å²) >= 11 is 6.21. The largest absolute Gasteiger partial charge is 0.497 e. The van der Waals surface area contributed by atoms with Crippen molar-refractivity contribution in [1.29, 1.82) is 5.26 Å². The van der Waals surface area contributed by atoms with Gasteiger partial charge in [0, 0.05) is 27.9 Å². The molecule has 31 heavy (non-hydrogen) atoms. The zero-order valence-electron chi connectivity index (χ0n) is 17.2. The first kappa shape index (κ1) is 21.9. The topological polar surface area (TPSA) is 71.3 Å². The first-order valence-electron chi connectivity index (χ1n) is 9.55. The molecule has 0 unspecified atom stereocenters. The van der Waals surface area contributed by atoms with Gasteiger partial charge in [-0.2, -0.15) is 5.26 Å². The first-order valence-corrected chi connectivity index (χ1v) is 9.92. The van der Waals surface area contributed by atoms with E-state index in [1.165, 1.54) is 6.08 Å². The van der Waals surface area contributed by atoms with Gasteiger partial charge in [-0.3, -0.25) is 4.79 Å². The lowest BCUT2D eigenvalue weighted by molar-refractivity contribution is -0.112. The van der Waals surface area contributed by atoms with Crippen LogP contribution in [-0.2, 0) is 11.4 Å². The summed E-state index contributed by atoms with van der Waals surface area (Å²) in [7, 11) is 1.55. The SMILES string of the molecule is COc1ccc(/C=C(\C#N)C(=O)Nc2ccccc2C)c(OCc2ccccc2Cl)c1. The van der Waals surface area contributed by atoms with Crippen molar-refractivity contribution in [1.82, 2.24) is 0 Å². The van der Waals surface area contributed by atoms with E-state index in [-0.39, 0.29) is 12.2 Å². The molecule has 0 aliphatic rings. The smallest absolute Gasteiger partial charge is 0.266 e. The highest BCUT2D eigenvalue weighted by Gasteiger charge is 2.13. The molecular formula is C25H21ClN2O3. The number of halogens is 1. The molecule has 0 radical (unpaired) electrons. The van der Waals surface area contributed by atoms with Crippen molar-refractivity contribution in [2.45, 2.75) is 13.5 Å². The number of carbonyl (C=O) groups is 1. The normalized spacial score (nSPS) is 10.8. The van der Waals surface area contributed by atoms with Crippen LogP contribution < -0.4 is 14.8 Å². The quantitative estimate of drug-likeness (QED) is 0.379. The number of carbonyl (C=O) groups excluding carboxylic acids is 1. The van der Waals surface area contributed by atoms with Gasteiger partial charge in [0.1, 0.15) is 29.7 Å². The van der Waals surface area contributed by atoms with Crippen LogP contribution in [0.1, 0.15) is 16.7 Å². The summed E-state index contributed by atoms with van der Waals surface area (Å²) in [5, 5.41) is 13.0. The van der Waals surface area contributed by atoms with E-state index in [0.717, 1.165) is 11.1 Å². The summed E-state index contributed by atoms with van der Waals surface area (Å²) in [4.78, 5) is 12.7. The van der Waals surface area contributed by atoms with E-state index < -0.39 is 5.91 Å². The molecule has 6 heteroatoms. The van der Waals surface area contributed by atoms with E-state index in [9.17, 15) is 10.1 Å². The van der Waals surface area contributed by atoms with Gasteiger partial charge in [-0.05, 0) is 42.8 Å². The Kier molecular flexibility index (Phi) is 7.31. The van der Waals surface area contributed by atoms with Crippen LogP contribution in [0.5, 0.6) is 11.5 Å². The lowest BCUT2D eigenvalue weighted by Crippen LogP contribution is -2.14. The molecule has 0 fully saturated rings. The molecule has 0 spiro atoms. The van der Waals surface area contributed by atoms with Crippen LogP contribution in [0, 0.1) is 18.3 Å². The number of nitrogens with zero attached hydrogens (tertiary/aromatic N) is 1. The second kappa shape index (κ2) is 10.3. The number of nitriles is 1. The second-order valence-corrected chi connectivity index (χ2v) is 7.13. The van der Waals surface area contributed by atoms with Crippen LogP contribution >= 0.6 is 11.6 Å². The highest BCUT2D eigenvalue weighted by molar-refractivity contribution is 6.31. The van der Waals surface area contributed by atoms with Crippen molar-refractivity contribution in [3.63, 3.8) is 0 Å². The third-order valence-corrected chi connectivity index (χ3v) is 4.99. The predicted octanol–water partition coefficient (Wildman–Crippen LogP) is 5.78. The molecule has 3 rings (SSSR count). The van der Waals surface area contributed by atoms with Crippen molar-refractivity contribution in [3.05, 3.63) is 94.0 Å². The molecule has 0 saturated heterocycles. The number of benzene rings is 3. The van der Waals surface area contributed by atoms with E-state index in [1.807, 2.05) is 49.4 Å². The number of ether oxygens (including phenoxy) is 2. The third kappa shape index (κ3) is 5.65. The monoisotopic (exact) mass is 432 g/mol. The Bertz CT molecular complexity index is 1170. The number of hydrogen-bond acceptors (Lipinski definition) is 4. The fourth-order valence-corrected chi connectivity index (χ4v) is 3.05. The van der Waals surface area contributed by atoms with Gasteiger partial charge in [-0.1, -0.05) is 48.0 Å². The highest BCUT2D eigenvalue weighted by Crippen LogP contribution is 2.29. The van der Waals surface area contributed by atoms with E-state index in [4.69, 9.17) is 21.1 Å². The lowest BCUT2D eigenvalue weighted by Gasteiger charge is -2.13. The molecule has 0 saturated carbocycles. The van der Waals surface area contributed by atoms with Gasteiger partial charge in [0.25, 0.3) is 5.91 Å². The molecule has 3 aromatic carbocycles. The Balaban J connectivity index is 1.88. The van der Waals surface area contributed by atoms with Crippen molar-refractivity contribution in [2.24, 2.45) is 0 Å². The maximum Gasteiger partial charge on any atom is 0.266 e. The van der Waals surface area contributed by atoms with Crippen LogP contribution in [0.3, 0.4) is 0 Å². The number of hydrogen-bond donors (Lipinski definition) is 1. The molecule has 0 aromatic heterocycles. The molecule has 1 N–H and O–H groups in total. The van der Waals surface area contributed by atoms with Gasteiger partial charge in [-0.15, -0.1) is 0 Å². The number of rotatable bonds is 7. The molecule has 0 atom stereocenters. The molecule has 1 amide bonds. The van der Waals surface area contributed by atoms with Gasteiger partial charge in [0.2, 0.25) is 0 Å². The maximum absolute atomic E-state index is 12.7. The van der Waals surface area contributed by atoms with E-state index in [2.05, 4.69) is 5.32 Å². The maximum atomic E-state index is 12.7. The van der Waals surface area contributed by atoms with Crippen molar-refractivity contribution in [2.75, 3.05) is 12.4 Å². The third-order valence-electron chi connectivity index (χ3n) is 4.62. The van der Waals surface area contributed by atoms with Crippen LogP contribution in [0.2, 0.25) is 5.02 Å². The van der Waals surface area contributed by atoms with E-state index in [0.29, 0.717) is 27.8 Å². The zero-order valence-corrected chi connectivity index (χ0v) is 17.9. The molecule has 0 bridgehead atoms.